The molecule has 0 radical (unpaired) electrons. The predicted octanol–water partition coefficient (Wildman–Crippen LogP) is 1.62. The molecule has 0 heterocycles. The predicted molar refractivity (Wildman–Crippen MR) is 66.5 cm³/mol. The van der Waals surface area contributed by atoms with Crippen LogP contribution >= 0.6 is 11.6 Å². The minimum absolute atomic E-state index is 0.176. The lowest BCUT2D eigenvalue weighted by atomic mass is 10.1. The standard InChI is InChI=1S/C12H14ClNO4/c1-2-18-7-10(15)14-11(12(16)17)8-5-3-4-6-9(8)13/h3-6,11H,2,7H2,1H3,(H,14,15)(H,16,17)/t11-/m1/s1. The summed E-state index contributed by atoms with van der Waals surface area (Å²) < 4.78 is 4.90. The minimum atomic E-state index is -1.17. The van der Waals surface area contributed by atoms with Crippen LogP contribution in [0.4, 0.5) is 0 Å². The topological polar surface area (TPSA) is 75.6 Å². The van der Waals surface area contributed by atoms with E-state index in [2.05, 4.69) is 5.32 Å². The highest BCUT2D eigenvalue weighted by Gasteiger charge is 2.23. The fourth-order valence-corrected chi connectivity index (χ4v) is 1.62. The Balaban J connectivity index is 2.81. The number of rotatable bonds is 6. The average molecular weight is 272 g/mol. The second kappa shape index (κ2) is 6.98. The molecule has 0 unspecified atom stereocenters. The molecule has 0 aliphatic rings. The molecule has 0 fully saturated rings. The van der Waals surface area contributed by atoms with Gasteiger partial charge in [-0.2, -0.15) is 0 Å². The molecule has 18 heavy (non-hydrogen) atoms. The zero-order chi connectivity index (χ0) is 13.5. The molecule has 0 spiro atoms. The molecule has 1 aromatic rings. The smallest absolute Gasteiger partial charge is 0.330 e. The normalized spacial score (nSPS) is 11.9. The molecule has 0 aliphatic carbocycles. The molecule has 0 saturated heterocycles. The summed E-state index contributed by atoms with van der Waals surface area (Å²) in [6, 6.07) is 5.30. The molecule has 0 aromatic heterocycles. The molecule has 98 valence electrons. The van der Waals surface area contributed by atoms with E-state index >= 15 is 0 Å². The number of carboxylic acid groups (broad SMARTS) is 1. The summed E-state index contributed by atoms with van der Waals surface area (Å²) in [5.41, 5.74) is 0.344. The van der Waals surface area contributed by atoms with Gasteiger partial charge >= 0.3 is 5.97 Å². The Morgan fingerprint density at radius 3 is 2.67 bits per heavy atom. The molecule has 0 bridgehead atoms. The van der Waals surface area contributed by atoms with Crippen molar-refractivity contribution in [2.24, 2.45) is 0 Å². The van der Waals surface area contributed by atoms with Crippen LogP contribution in [0.15, 0.2) is 24.3 Å². The van der Waals surface area contributed by atoms with Gasteiger partial charge in [-0.1, -0.05) is 29.8 Å². The van der Waals surface area contributed by atoms with Crippen molar-refractivity contribution in [1.82, 2.24) is 5.32 Å². The number of hydrogen-bond donors (Lipinski definition) is 2. The van der Waals surface area contributed by atoms with Gasteiger partial charge in [0.15, 0.2) is 6.04 Å². The van der Waals surface area contributed by atoms with Gasteiger partial charge in [0.2, 0.25) is 5.91 Å². The van der Waals surface area contributed by atoms with Gasteiger partial charge in [-0.05, 0) is 13.0 Å². The summed E-state index contributed by atoms with van der Waals surface area (Å²) in [5.74, 6) is -1.67. The number of carboxylic acids is 1. The zero-order valence-electron chi connectivity index (χ0n) is 9.85. The molecular formula is C12H14ClNO4. The molecular weight excluding hydrogens is 258 g/mol. The Morgan fingerprint density at radius 2 is 2.11 bits per heavy atom. The maximum Gasteiger partial charge on any atom is 0.330 e. The van der Waals surface area contributed by atoms with E-state index in [1.165, 1.54) is 0 Å². The summed E-state index contributed by atoms with van der Waals surface area (Å²) in [6.45, 7) is 1.96. The fourth-order valence-electron chi connectivity index (χ4n) is 1.38. The summed E-state index contributed by atoms with van der Waals surface area (Å²) in [6.07, 6.45) is 0. The lowest BCUT2D eigenvalue weighted by Gasteiger charge is -2.16. The molecule has 1 atom stereocenters. The lowest BCUT2D eigenvalue weighted by molar-refractivity contribution is -0.142. The van der Waals surface area contributed by atoms with Crippen LogP contribution in [0.1, 0.15) is 18.5 Å². The van der Waals surface area contributed by atoms with Crippen molar-refractivity contribution in [3.8, 4) is 0 Å². The third-order valence-electron chi connectivity index (χ3n) is 2.21. The third kappa shape index (κ3) is 4.01. The molecule has 0 saturated carbocycles. The average Bonchev–Trinajstić information content (AvgIpc) is 2.34. The first-order valence-electron chi connectivity index (χ1n) is 5.40. The highest BCUT2D eigenvalue weighted by Crippen LogP contribution is 2.22. The van der Waals surface area contributed by atoms with Crippen LogP contribution in [0.2, 0.25) is 5.02 Å². The zero-order valence-corrected chi connectivity index (χ0v) is 10.6. The lowest BCUT2D eigenvalue weighted by Crippen LogP contribution is -2.36. The second-order valence-electron chi connectivity index (χ2n) is 3.50. The Bertz CT molecular complexity index is 436. The van der Waals surface area contributed by atoms with Crippen LogP contribution in [0, 0.1) is 0 Å². The van der Waals surface area contributed by atoms with E-state index in [1.807, 2.05) is 0 Å². The van der Waals surface area contributed by atoms with E-state index in [4.69, 9.17) is 21.4 Å². The Labute approximate surface area is 110 Å². The molecule has 1 aromatic carbocycles. The first-order chi connectivity index (χ1) is 8.56. The van der Waals surface area contributed by atoms with E-state index < -0.39 is 17.9 Å². The Morgan fingerprint density at radius 1 is 1.44 bits per heavy atom. The first kappa shape index (κ1) is 14.5. The number of halogens is 1. The van der Waals surface area contributed by atoms with Crippen molar-refractivity contribution < 1.29 is 19.4 Å². The van der Waals surface area contributed by atoms with Gasteiger partial charge < -0.3 is 15.2 Å². The summed E-state index contributed by atoms with van der Waals surface area (Å²) in [7, 11) is 0. The molecule has 1 rings (SSSR count). The highest BCUT2D eigenvalue weighted by molar-refractivity contribution is 6.31. The number of hydrogen-bond acceptors (Lipinski definition) is 3. The van der Waals surface area contributed by atoms with Crippen LogP contribution in [-0.2, 0) is 14.3 Å². The first-order valence-corrected chi connectivity index (χ1v) is 5.78. The van der Waals surface area contributed by atoms with Crippen molar-refractivity contribution in [1.29, 1.82) is 0 Å². The maximum absolute atomic E-state index is 11.5. The van der Waals surface area contributed by atoms with Gasteiger partial charge in [-0.15, -0.1) is 0 Å². The Kier molecular flexibility index (Phi) is 5.61. The number of ether oxygens (including phenoxy) is 1. The van der Waals surface area contributed by atoms with Gasteiger partial charge in [-0.25, -0.2) is 4.79 Å². The van der Waals surface area contributed by atoms with Crippen LogP contribution in [0.25, 0.3) is 0 Å². The minimum Gasteiger partial charge on any atom is -0.479 e. The molecule has 0 aliphatic heterocycles. The number of nitrogens with one attached hydrogen (secondary N) is 1. The van der Waals surface area contributed by atoms with Gasteiger partial charge in [0, 0.05) is 17.2 Å². The number of amides is 1. The summed E-state index contributed by atoms with van der Waals surface area (Å²) in [5, 5.41) is 11.8. The summed E-state index contributed by atoms with van der Waals surface area (Å²) in [4.78, 5) is 22.6. The van der Waals surface area contributed by atoms with Crippen LogP contribution in [-0.4, -0.2) is 30.2 Å². The van der Waals surface area contributed by atoms with E-state index in [0.29, 0.717) is 17.2 Å². The van der Waals surface area contributed by atoms with E-state index in [-0.39, 0.29) is 6.61 Å². The van der Waals surface area contributed by atoms with Crippen molar-refractivity contribution >= 4 is 23.5 Å². The fraction of sp³-hybridized carbons (Fsp3) is 0.333. The number of carbonyl (C=O) groups is 2. The Hall–Kier alpha value is -1.59. The van der Waals surface area contributed by atoms with Crippen LogP contribution in [0.5, 0.6) is 0 Å². The second-order valence-corrected chi connectivity index (χ2v) is 3.90. The quantitative estimate of drug-likeness (QED) is 0.824. The molecule has 5 nitrogen and oxygen atoms in total. The highest BCUT2D eigenvalue weighted by atomic mass is 35.5. The molecule has 6 heteroatoms. The number of benzene rings is 1. The van der Waals surface area contributed by atoms with Crippen molar-refractivity contribution in [3.63, 3.8) is 0 Å². The third-order valence-corrected chi connectivity index (χ3v) is 2.55. The van der Waals surface area contributed by atoms with Gasteiger partial charge in [0.05, 0.1) is 0 Å². The van der Waals surface area contributed by atoms with E-state index in [1.54, 1.807) is 31.2 Å². The maximum atomic E-state index is 11.5. The monoisotopic (exact) mass is 271 g/mol. The number of carbonyl (C=O) groups excluding carboxylic acids is 1. The van der Waals surface area contributed by atoms with Crippen LogP contribution < -0.4 is 5.32 Å². The number of aliphatic carboxylic acids is 1. The molecule has 1 amide bonds. The molecule has 2 N–H and O–H groups in total. The SMILES string of the molecule is CCOCC(=O)N[C@@H](C(=O)O)c1ccccc1Cl. The van der Waals surface area contributed by atoms with Crippen LogP contribution in [0.3, 0.4) is 0 Å². The largest absolute Gasteiger partial charge is 0.479 e. The van der Waals surface area contributed by atoms with Gasteiger partial charge in [0.1, 0.15) is 6.61 Å². The summed E-state index contributed by atoms with van der Waals surface area (Å²) >= 11 is 5.90. The van der Waals surface area contributed by atoms with Crippen molar-refractivity contribution in [3.05, 3.63) is 34.9 Å². The van der Waals surface area contributed by atoms with E-state index in [0.717, 1.165) is 0 Å². The van der Waals surface area contributed by atoms with Crippen molar-refractivity contribution in [2.45, 2.75) is 13.0 Å². The van der Waals surface area contributed by atoms with Crippen molar-refractivity contribution in [2.75, 3.05) is 13.2 Å². The van der Waals surface area contributed by atoms with Gasteiger partial charge in [0.25, 0.3) is 0 Å². The van der Waals surface area contributed by atoms with E-state index in [9.17, 15) is 9.59 Å². The van der Waals surface area contributed by atoms with Gasteiger partial charge in [-0.3, -0.25) is 4.79 Å².